The number of rotatable bonds is 1. The van der Waals surface area contributed by atoms with E-state index in [0.29, 0.717) is 5.57 Å². The normalized spacial score (nSPS) is 13.6. The zero-order chi connectivity index (χ0) is 7.98. The van der Waals surface area contributed by atoms with Gasteiger partial charge in [0.25, 0.3) is 0 Å². The van der Waals surface area contributed by atoms with E-state index in [0.717, 1.165) is 6.42 Å². The van der Waals surface area contributed by atoms with Crippen LogP contribution in [0.15, 0.2) is 23.8 Å². The van der Waals surface area contributed by atoms with Gasteiger partial charge in [0.15, 0.2) is 0 Å². The van der Waals surface area contributed by atoms with Crippen molar-refractivity contribution >= 4 is 5.97 Å². The van der Waals surface area contributed by atoms with Gasteiger partial charge >= 0.3 is 5.97 Å². The summed E-state index contributed by atoms with van der Waals surface area (Å²) in [7, 11) is 0. The Labute approximate surface area is 60.9 Å². The first-order valence-electron chi connectivity index (χ1n) is 3.40. The molecule has 1 aliphatic carbocycles. The number of carbonyl (C=O) groups is 1. The molecule has 0 aliphatic heterocycles. The third-order valence-corrected chi connectivity index (χ3v) is 1.02. The molecule has 0 aromatic heterocycles. The maximum absolute atomic E-state index is 10.1. The van der Waals surface area contributed by atoms with E-state index < -0.39 is 5.97 Å². The van der Waals surface area contributed by atoms with E-state index in [1.165, 1.54) is 0 Å². The number of aliphatic carboxylic acids is 1. The molecule has 2 heteroatoms. The van der Waals surface area contributed by atoms with Crippen LogP contribution in [0.5, 0.6) is 0 Å². The molecule has 0 saturated heterocycles. The fourth-order valence-corrected chi connectivity index (χ4v) is 0.617. The fraction of sp³-hybridized carbons (Fsp3) is 0.375. The van der Waals surface area contributed by atoms with Crippen molar-refractivity contribution in [2.24, 2.45) is 0 Å². The van der Waals surface area contributed by atoms with Crippen LogP contribution in [0, 0.1) is 0 Å². The maximum atomic E-state index is 10.1. The summed E-state index contributed by atoms with van der Waals surface area (Å²) in [6.07, 6.45) is 5.88. The van der Waals surface area contributed by atoms with Crippen LogP contribution in [0.25, 0.3) is 0 Å². The minimum Gasteiger partial charge on any atom is -0.478 e. The van der Waals surface area contributed by atoms with E-state index in [4.69, 9.17) is 5.11 Å². The summed E-state index contributed by atoms with van der Waals surface area (Å²) in [5.41, 5.74) is 0.407. The quantitative estimate of drug-likeness (QED) is 0.604. The van der Waals surface area contributed by atoms with Gasteiger partial charge in [-0.3, -0.25) is 0 Å². The molecule has 0 saturated carbocycles. The topological polar surface area (TPSA) is 37.3 Å². The van der Waals surface area contributed by atoms with Crippen molar-refractivity contribution in [2.45, 2.75) is 20.3 Å². The van der Waals surface area contributed by atoms with Gasteiger partial charge in [-0.25, -0.2) is 4.79 Å². The third-order valence-electron chi connectivity index (χ3n) is 1.02. The maximum Gasteiger partial charge on any atom is 0.335 e. The second-order valence-electron chi connectivity index (χ2n) is 1.60. The molecule has 0 amide bonds. The lowest BCUT2D eigenvalue weighted by Gasteiger charge is -1.83. The second kappa shape index (κ2) is 4.79. The standard InChI is InChI=1S/C6H6O2.C2H6/c7-6(8)5-3-1-2-4-5;1-2/h1,3-4H,2H2,(H,7,8);1-2H3. The summed E-state index contributed by atoms with van der Waals surface area (Å²) < 4.78 is 0. The van der Waals surface area contributed by atoms with Gasteiger partial charge in [0.05, 0.1) is 5.57 Å². The zero-order valence-corrected chi connectivity index (χ0v) is 6.29. The molecule has 0 aromatic rings. The highest BCUT2D eigenvalue weighted by atomic mass is 16.4. The molecular formula is C8H12O2. The molecule has 1 rings (SSSR count). The Hall–Kier alpha value is -1.05. The Morgan fingerprint density at radius 2 is 2.20 bits per heavy atom. The lowest BCUT2D eigenvalue weighted by molar-refractivity contribution is -0.132. The molecule has 1 aliphatic rings. The number of allylic oxidation sites excluding steroid dienone is 2. The summed E-state index contributed by atoms with van der Waals surface area (Å²) in [6.45, 7) is 4.00. The molecular weight excluding hydrogens is 128 g/mol. The minimum absolute atomic E-state index is 0.407. The molecule has 0 unspecified atom stereocenters. The van der Waals surface area contributed by atoms with Crippen LogP contribution in [-0.4, -0.2) is 11.1 Å². The van der Waals surface area contributed by atoms with Crippen LogP contribution in [0.4, 0.5) is 0 Å². The largest absolute Gasteiger partial charge is 0.478 e. The average Bonchev–Trinajstić information content (AvgIpc) is 2.42. The first kappa shape index (κ1) is 8.95. The van der Waals surface area contributed by atoms with Crippen molar-refractivity contribution in [3.05, 3.63) is 23.8 Å². The number of carboxylic acids is 1. The van der Waals surface area contributed by atoms with Gasteiger partial charge in [0, 0.05) is 0 Å². The molecule has 0 fully saturated rings. The van der Waals surface area contributed by atoms with Crippen LogP contribution < -0.4 is 0 Å². The zero-order valence-electron chi connectivity index (χ0n) is 6.29. The second-order valence-corrected chi connectivity index (χ2v) is 1.60. The lowest BCUT2D eigenvalue weighted by Crippen LogP contribution is -1.94. The summed E-state index contributed by atoms with van der Waals surface area (Å²) in [6, 6.07) is 0. The molecule has 0 atom stereocenters. The fourth-order valence-electron chi connectivity index (χ4n) is 0.617. The first-order chi connectivity index (χ1) is 4.80. The van der Waals surface area contributed by atoms with Crippen LogP contribution in [-0.2, 0) is 4.79 Å². The summed E-state index contributed by atoms with van der Waals surface area (Å²) in [5.74, 6) is -0.834. The first-order valence-corrected chi connectivity index (χ1v) is 3.40. The average molecular weight is 140 g/mol. The van der Waals surface area contributed by atoms with Crippen molar-refractivity contribution in [1.82, 2.24) is 0 Å². The van der Waals surface area contributed by atoms with Crippen molar-refractivity contribution in [3.8, 4) is 0 Å². The van der Waals surface area contributed by atoms with Gasteiger partial charge in [0.2, 0.25) is 0 Å². The molecule has 1 N–H and O–H groups in total. The predicted octanol–water partition coefficient (Wildman–Crippen LogP) is 1.98. The number of hydrogen-bond acceptors (Lipinski definition) is 1. The SMILES string of the molecule is CC.O=C(O)C1=CCC=C1. The van der Waals surface area contributed by atoms with Gasteiger partial charge in [0.1, 0.15) is 0 Å². The van der Waals surface area contributed by atoms with E-state index in [1.54, 1.807) is 12.2 Å². The Balaban J connectivity index is 0.000000371. The van der Waals surface area contributed by atoms with Crippen LogP contribution in [0.3, 0.4) is 0 Å². The molecule has 0 bridgehead atoms. The van der Waals surface area contributed by atoms with Crippen molar-refractivity contribution in [3.63, 3.8) is 0 Å². The molecule has 0 spiro atoms. The highest BCUT2D eigenvalue weighted by Crippen LogP contribution is 2.07. The molecule has 0 heterocycles. The predicted molar refractivity (Wildman–Crippen MR) is 40.8 cm³/mol. The Morgan fingerprint density at radius 3 is 2.40 bits per heavy atom. The number of hydrogen-bond donors (Lipinski definition) is 1. The van der Waals surface area contributed by atoms with Gasteiger partial charge < -0.3 is 5.11 Å². The molecule has 0 radical (unpaired) electrons. The molecule has 56 valence electrons. The third kappa shape index (κ3) is 2.49. The highest BCUT2D eigenvalue weighted by Gasteiger charge is 2.03. The van der Waals surface area contributed by atoms with Gasteiger partial charge in [-0.1, -0.05) is 32.1 Å². The van der Waals surface area contributed by atoms with Crippen LogP contribution in [0.2, 0.25) is 0 Å². The van der Waals surface area contributed by atoms with E-state index in [-0.39, 0.29) is 0 Å². The van der Waals surface area contributed by atoms with Crippen molar-refractivity contribution in [2.75, 3.05) is 0 Å². The van der Waals surface area contributed by atoms with E-state index in [2.05, 4.69) is 0 Å². The van der Waals surface area contributed by atoms with Gasteiger partial charge in [-0.05, 0) is 6.42 Å². The van der Waals surface area contributed by atoms with E-state index in [1.807, 2.05) is 19.9 Å². The summed E-state index contributed by atoms with van der Waals surface area (Å²) in [4.78, 5) is 10.1. The lowest BCUT2D eigenvalue weighted by atomic mass is 10.3. The van der Waals surface area contributed by atoms with Crippen molar-refractivity contribution in [1.29, 1.82) is 0 Å². The summed E-state index contributed by atoms with van der Waals surface area (Å²) in [5, 5.41) is 8.29. The Morgan fingerprint density at radius 1 is 1.60 bits per heavy atom. The Kier molecular flexibility index (Phi) is 4.29. The molecule has 2 nitrogen and oxygen atoms in total. The van der Waals surface area contributed by atoms with Crippen molar-refractivity contribution < 1.29 is 9.90 Å². The number of carboxylic acid groups (broad SMARTS) is 1. The van der Waals surface area contributed by atoms with Crippen LogP contribution >= 0.6 is 0 Å². The van der Waals surface area contributed by atoms with Crippen LogP contribution in [0.1, 0.15) is 20.3 Å². The molecule has 10 heavy (non-hydrogen) atoms. The minimum atomic E-state index is -0.834. The van der Waals surface area contributed by atoms with E-state index in [9.17, 15) is 4.79 Å². The Bertz CT molecular complexity index is 166. The van der Waals surface area contributed by atoms with Gasteiger partial charge in [-0.2, -0.15) is 0 Å². The van der Waals surface area contributed by atoms with E-state index >= 15 is 0 Å². The molecule has 0 aromatic carbocycles. The monoisotopic (exact) mass is 140 g/mol. The highest BCUT2D eigenvalue weighted by molar-refractivity contribution is 5.90. The van der Waals surface area contributed by atoms with Gasteiger partial charge in [-0.15, -0.1) is 0 Å². The summed E-state index contributed by atoms with van der Waals surface area (Å²) >= 11 is 0. The smallest absolute Gasteiger partial charge is 0.335 e.